The number of fused-ring (bicyclic) bond motifs is 3. The minimum Gasteiger partial charge on any atom is -0.461 e. The average molecular weight is 223 g/mol. The topological polar surface area (TPSA) is 25.2 Å². The quantitative estimate of drug-likeness (QED) is 0.741. The van der Waals surface area contributed by atoms with Gasteiger partial charge in [0.1, 0.15) is 23.0 Å². The smallest absolute Gasteiger partial charge is 0.140 e. The lowest BCUT2D eigenvalue weighted by Crippen LogP contribution is -2.16. The van der Waals surface area contributed by atoms with Crippen LogP contribution in [0.5, 0.6) is 0 Å². The van der Waals surface area contributed by atoms with Crippen molar-refractivity contribution in [1.82, 2.24) is 5.32 Å². The van der Waals surface area contributed by atoms with E-state index in [1.807, 2.05) is 0 Å². The first kappa shape index (κ1) is 9.78. The lowest BCUT2D eigenvalue weighted by Gasteiger charge is -1.98. The largest absolute Gasteiger partial charge is 0.461 e. The molecule has 1 aromatic heterocycles. The van der Waals surface area contributed by atoms with E-state index in [0.717, 1.165) is 43.3 Å². The molecule has 84 valence electrons. The molecule has 0 unspecified atom stereocenters. The number of nitrogens with one attached hydrogen (secondary N) is 1. The van der Waals surface area contributed by atoms with Crippen molar-refractivity contribution in [2.24, 2.45) is 0 Å². The Morgan fingerprint density at radius 3 is 2.81 bits per heavy atom. The van der Waals surface area contributed by atoms with Gasteiger partial charge in [-0.05, 0) is 13.0 Å². The Hall–Kier alpha value is -1.42. The SMILES string of the molecule is Fc1cc(F)c2c3c(oc2c1)CCNCC3. The fourth-order valence-electron chi connectivity index (χ4n) is 2.26. The third kappa shape index (κ3) is 1.41. The molecule has 0 spiro atoms. The molecule has 1 aliphatic heterocycles. The molecule has 0 amide bonds. The highest BCUT2D eigenvalue weighted by Gasteiger charge is 2.19. The van der Waals surface area contributed by atoms with Gasteiger partial charge in [0.15, 0.2) is 0 Å². The molecule has 0 aliphatic carbocycles. The summed E-state index contributed by atoms with van der Waals surface area (Å²) in [5.41, 5.74) is 1.21. The zero-order valence-corrected chi connectivity index (χ0v) is 8.65. The van der Waals surface area contributed by atoms with Gasteiger partial charge in [0.2, 0.25) is 0 Å². The molecule has 2 aromatic rings. The van der Waals surface area contributed by atoms with Crippen molar-refractivity contribution in [3.8, 4) is 0 Å². The van der Waals surface area contributed by atoms with Crippen LogP contribution in [0.15, 0.2) is 16.5 Å². The lowest BCUT2D eigenvalue weighted by molar-refractivity contribution is 0.535. The van der Waals surface area contributed by atoms with Crippen LogP contribution in [0.4, 0.5) is 8.78 Å². The number of hydrogen-bond donors (Lipinski definition) is 1. The zero-order chi connectivity index (χ0) is 11.1. The summed E-state index contributed by atoms with van der Waals surface area (Å²) in [5, 5.41) is 3.66. The fraction of sp³-hybridized carbons (Fsp3) is 0.333. The summed E-state index contributed by atoms with van der Waals surface area (Å²) in [5.74, 6) is -0.335. The van der Waals surface area contributed by atoms with Crippen LogP contribution in [-0.4, -0.2) is 13.1 Å². The number of hydrogen-bond acceptors (Lipinski definition) is 2. The molecule has 1 N–H and O–H groups in total. The number of benzene rings is 1. The second-order valence-electron chi connectivity index (χ2n) is 4.01. The van der Waals surface area contributed by atoms with Crippen LogP contribution in [0.3, 0.4) is 0 Å². The van der Waals surface area contributed by atoms with Crippen molar-refractivity contribution in [1.29, 1.82) is 0 Å². The van der Waals surface area contributed by atoms with Crippen LogP contribution in [0.25, 0.3) is 11.0 Å². The van der Waals surface area contributed by atoms with Crippen molar-refractivity contribution in [3.63, 3.8) is 0 Å². The highest BCUT2D eigenvalue weighted by molar-refractivity contribution is 5.83. The average Bonchev–Trinajstić information content (AvgIpc) is 2.42. The van der Waals surface area contributed by atoms with Crippen LogP contribution < -0.4 is 5.32 Å². The van der Waals surface area contributed by atoms with Crippen LogP contribution in [-0.2, 0) is 12.8 Å². The van der Waals surface area contributed by atoms with Crippen molar-refractivity contribution >= 4 is 11.0 Å². The van der Waals surface area contributed by atoms with Gasteiger partial charge in [-0.25, -0.2) is 8.78 Å². The number of furan rings is 1. The number of halogens is 2. The predicted molar refractivity (Wildman–Crippen MR) is 56.4 cm³/mol. The molecule has 2 nitrogen and oxygen atoms in total. The van der Waals surface area contributed by atoms with Gasteiger partial charge < -0.3 is 9.73 Å². The highest BCUT2D eigenvalue weighted by Crippen LogP contribution is 2.30. The van der Waals surface area contributed by atoms with E-state index in [1.54, 1.807) is 0 Å². The number of rotatable bonds is 0. The Bertz CT molecular complexity index is 547. The maximum Gasteiger partial charge on any atom is 0.140 e. The van der Waals surface area contributed by atoms with Crippen molar-refractivity contribution < 1.29 is 13.2 Å². The van der Waals surface area contributed by atoms with E-state index in [-0.39, 0.29) is 0 Å². The Kier molecular flexibility index (Phi) is 2.17. The van der Waals surface area contributed by atoms with E-state index >= 15 is 0 Å². The van der Waals surface area contributed by atoms with Gasteiger partial charge in [0.25, 0.3) is 0 Å². The molecule has 16 heavy (non-hydrogen) atoms. The lowest BCUT2D eigenvalue weighted by atomic mass is 10.1. The Morgan fingerprint density at radius 2 is 1.94 bits per heavy atom. The summed E-state index contributed by atoms with van der Waals surface area (Å²) in [4.78, 5) is 0. The second kappa shape index (κ2) is 3.56. The molecule has 1 aromatic carbocycles. The first-order chi connectivity index (χ1) is 7.75. The minimum atomic E-state index is -0.591. The maximum absolute atomic E-state index is 13.7. The fourth-order valence-corrected chi connectivity index (χ4v) is 2.26. The zero-order valence-electron chi connectivity index (χ0n) is 8.65. The molecule has 1 aliphatic rings. The summed E-state index contributed by atoms with van der Waals surface area (Å²) in [6.45, 7) is 1.62. The van der Waals surface area contributed by atoms with E-state index in [2.05, 4.69) is 5.32 Å². The van der Waals surface area contributed by atoms with Gasteiger partial charge >= 0.3 is 0 Å². The minimum absolute atomic E-state index is 0.324. The summed E-state index contributed by atoms with van der Waals surface area (Å²) in [6, 6.07) is 2.16. The summed E-state index contributed by atoms with van der Waals surface area (Å²) < 4.78 is 32.2. The van der Waals surface area contributed by atoms with Crippen LogP contribution in [0.2, 0.25) is 0 Å². The van der Waals surface area contributed by atoms with Crippen molar-refractivity contribution in [3.05, 3.63) is 35.1 Å². The Balaban J connectivity index is 2.29. The molecule has 2 heterocycles. The second-order valence-corrected chi connectivity index (χ2v) is 4.01. The highest BCUT2D eigenvalue weighted by atomic mass is 19.1. The molecule has 3 rings (SSSR count). The molecular formula is C12H11F2NO. The molecule has 0 radical (unpaired) electrons. The van der Waals surface area contributed by atoms with Crippen molar-refractivity contribution in [2.75, 3.05) is 13.1 Å². The van der Waals surface area contributed by atoms with Crippen molar-refractivity contribution in [2.45, 2.75) is 12.8 Å². The Labute approximate surface area is 91.2 Å². The molecular weight excluding hydrogens is 212 g/mol. The molecule has 0 saturated carbocycles. The maximum atomic E-state index is 13.7. The monoisotopic (exact) mass is 223 g/mol. The normalized spacial score (nSPS) is 16.1. The van der Waals surface area contributed by atoms with Gasteiger partial charge in [-0.3, -0.25) is 0 Å². The molecule has 0 bridgehead atoms. The van der Waals surface area contributed by atoms with E-state index in [9.17, 15) is 8.78 Å². The van der Waals surface area contributed by atoms with E-state index in [4.69, 9.17) is 4.42 Å². The third-order valence-corrected chi connectivity index (χ3v) is 2.97. The van der Waals surface area contributed by atoms with Gasteiger partial charge in [0, 0.05) is 30.7 Å². The standard InChI is InChI=1S/C12H11F2NO/c13-7-5-9(14)12-8-1-3-15-4-2-10(8)16-11(12)6-7/h5-6,15H,1-4H2. The molecule has 0 fully saturated rings. The summed E-state index contributed by atoms with van der Waals surface area (Å²) >= 11 is 0. The van der Waals surface area contributed by atoms with Crippen LogP contribution in [0.1, 0.15) is 11.3 Å². The summed E-state index contributed by atoms with van der Waals surface area (Å²) in [6.07, 6.45) is 1.45. The van der Waals surface area contributed by atoms with Crippen LogP contribution >= 0.6 is 0 Å². The molecule has 4 heteroatoms. The first-order valence-electron chi connectivity index (χ1n) is 5.36. The predicted octanol–water partition coefficient (Wildman–Crippen LogP) is 2.40. The van der Waals surface area contributed by atoms with Gasteiger partial charge in [-0.1, -0.05) is 0 Å². The van der Waals surface area contributed by atoms with E-state index in [1.165, 1.54) is 6.07 Å². The third-order valence-electron chi connectivity index (χ3n) is 2.97. The van der Waals surface area contributed by atoms with Gasteiger partial charge in [-0.15, -0.1) is 0 Å². The molecule has 0 atom stereocenters. The Morgan fingerprint density at radius 1 is 1.12 bits per heavy atom. The van der Waals surface area contributed by atoms with Gasteiger partial charge in [0.05, 0.1) is 5.39 Å². The van der Waals surface area contributed by atoms with E-state index < -0.39 is 11.6 Å². The first-order valence-corrected chi connectivity index (χ1v) is 5.36. The summed E-state index contributed by atoms with van der Waals surface area (Å²) in [7, 11) is 0. The van der Waals surface area contributed by atoms with E-state index in [0.29, 0.717) is 11.0 Å². The van der Waals surface area contributed by atoms with Crippen LogP contribution in [0, 0.1) is 11.6 Å². The van der Waals surface area contributed by atoms with Gasteiger partial charge in [-0.2, -0.15) is 0 Å². The molecule has 0 saturated heterocycles.